The van der Waals surface area contributed by atoms with Crippen LogP contribution in [-0.2, 0) is 7.05 Å². The normalized spacial score (nSPS) is 12.4. The van der Waals surface area contributed by atoms with E-state index in [9.17, 15) is 4.39 Å². The van der Waals surface area contributed by atoms with Crippen molar-refractivity contribution in [3.63, 3.8) is 0 Å². The number of ether oxygens (including phenoxy) is 1. The molecule has 0 saturated heterocycles. The van der Waals surface area contributed by atoms with Crippen molar-refractivity contribution in [3.8, 4) is 5.75 Å². The van der Waals surface area contributed by atoms with E-state index >= 15 is 0 Å². The zero-order valence-corrected chi connectivity index (χ0v) is 12.1. The molecule has 0 saturated carbocycles. The number of halogens is 1. The van der Waals surface area contributed by atoms with Crippen molar-refractivity contribution in [2.45, 2.75) is 19.4 Å². The molecule has 1 N–H and O–H groups in total. The summed E-state index contributed by atoms with van der Waals surface area (Å²) in [4.78, 5) is 4.14. The average molecular weight is 277 g/mol. The molecule has 20 heavy (non-hydrogen) atoms. The van der Waals surface area contributed by atoms with E-state index in [-0.39, 0.29) is 17.6 Å². The van der Waals surface area contributed by atoms with Crippen molar-refractivity contribution in [2.75, 3.05) is 13.7 Å². The van der Waals surface area contributed by atoms with Gasteiger partial charge < -0.3 is 14.6 Å². The van der Waals surface area contributed by atoms with Gasteiger partial charge in [-0.25, -0.2) is 9.37 Å². The molecule has 2 aromatic rings. The molecule has 1 aromatic carbocycles. The minimum Gasteiger partial charge on any atom is -0.494 e. The van der Waals surface area contributed by atoms with Crippen LogP contribution in [0.4, 0.5) is 4.39 Å². The first-order valence-corrected chi connectivity index (χ1v) is 6.70. The maximum Gasteiger partial charge on any atom is 0.165 e. The van der Waals surface area contributed by atoms with Gasteiger partial charge in [0.2, 0.25) is 0 Å². The second-order valence-corrected chi connectivity index (χ2v) is 4.71. The number of hydrogen-bond donors (Lipinski definition) is 1. The molecule has 1 atom stereocenters. The molecule has 0 spiro atoms. The number of hydrogen-bond acceptors (Lipinski definition) is 3. The van der Waals surface area contributed by atoms with E-state index < -0.39 is 0 Å². The number of nitrogens with one attached hydrogen (secondary N) is 1. The Morgan fingerprint density at radius 2 is 2.25 bits per heavy atom. The third kappa shape index (κ3) is 2.99. The van der Waals surface area contributed by atoms with E-state index in [0.717, 1.165) is 24.2 Å². The standard InChI is InChI=1S/C15H20FN3O/c1-4-7-18-15(13-9-17-10-19(13)2)11-5-6-14(20-3)12(16)8-11/h5-6,8-10,15,18H,4,7H2,1-3H3. The van der Waals surface area contributed by atoms with E-state index in [2.05, 4.69) is 17.2 Å². The van der Waals surface area contributed by atoms with Crippen LogP contribution in [0, 0.1) is 5.82 Å². The fourth-order valence-corrected chi connectivity index (χ4v) is 2.19. The molecule has 0 aliphatic carbocycles. The van der Waals surface area contributed by atoms with Gasteiger partial charge in [0.05, 0.1) is 31.4 Å². The van der Waals surface area contributed by atoms with Crippen molar-refractivity contribution < 1.29 is 9.13 Å². The fourth-order valence-electron chi connectivity index (χ4n) is 2.19. The van der Waals surface area contributed by atoms with Gasteiger partial charge in [0.15, 0.2) is 11.6 Å². The maximum atomic E-state index is 13.9. The molecular weight excluding hydrogens is 257 g/mol. The largest absolute Gasteiger partial charge is 0.494 e. The van der Waals surface area contributed by atoms with Crippen LogP contribution in [0.15, 0.2) is 30.7 Å². The number of aromatic nitrogens is 2. The Labute approximate surface area is 118 Å². The molecule has 5 heteroatoms. The summed E-state index contributed by atoms with van der Waals surface area (Å²) in [5.74, 6) is -0.0940. The average Bonchev–Trinajstić information content (AvgIpc) is 2.86. The van der Waals surface area contributed by atoms with Gasteiger partial charge in [0.1, 0.15) is 0 Å². The lowest BCUT2D eigenvalue weighted by atomic mass is 10.0. The van der Waals surface area contributed by atoms with Crippen molar-refractivity contribution in [1.82, 2.24) is 14.9 Å². The molecule has 0 aliphatic heterocycles. The second kappa shape index (κ2) is 6.52. The summed E-state index contributed by atoms with van der Waals surface area (Å²) in [7, 11) is 3.40. The third-order valence-corrected chi connectivity index (χ3v) is 3.26. The van der Waals surface area contributed by atoms with Gasteiger partial charge in [-0.2, -0.15) is 0 Å². The maximum absolute atomic E-state index is 13.9. The molecule has 4 nitrogen and oxygen atoms in total. The van der Waals surface area contributed by atoms with Crippen LogP contribution in [0.3, 0.4) is 0 Å². The van der Waals surface area contributed by atoms with Crippen molar-refractivity contribution >= 4 is 0 Å². The van der Waals surface area contributed by atoms with E-state index in [4.69, 9.17) is 4.74 Å². The van der Waals surface area contributed by atoms with Crippen molar-refractivity contribution in [2.24, 2.45) is 7.05 Å². The van der Waals surface area contributed by atoms with E-state index in [1.54, 1.807) is 18.6 Å². The minimum absolute atomic E-state index is 0.0807. The Morgan fingerprint density at radius 3 is 2.80 bits per heavy atom. The van der Waals surface area contributed by atoms with E-state index in [1.807, 2.05) is 17.7 Å². The summed E-state index contributed by atoms with van der Waals surface area (Å²) in [5, 5.41) is 3.43. The molecule has 2 rings (SSSR count). The zero-order chi connectivity index (χ0) is 14.5. The lowest BCUT2D eigenvalue weighted by Gasteiger charge is -2.20. The summed E-state index contributed by atoms with van der Waals surface area (Å²) >= 11 is 0. The van der Waals surface area contributed by atoms with Crippen LogP contribution in [0.25, 0.3) is 0 Å². The molecule has 1 unspecified atom stereocenters. The highest BCUT2D eigenvalue weighted by Crippen LogP contribution is 2.26. The lowest BCUT2D eigenvalue weighted by Crippen LogP contribution is -2.25. The molecule has 1 heterocycles. The molecule has 0 fully saturated rings. The van der Waals surface area contributed by atoms with Gasteiger partial charge in [-0.05, 0) is 30.7 Å². The molecule has 0 aliphatic rings. The molecule has 108 valence electrons. The smallest absolute Gasteiger partial charge is 0.165 e. The summed E-state index contributed by atoms with van der Waals surface area (Å²) in [6.07, 6.45) is 4.55. The number of aryl methyl sites for hydroxylation is 1. The SMILES string of the molecule is CCCNC(c1ccc(OC)c(F)c1)c1cncn1C. The fraction of sp³-hybridized carbons (Fsp3) is 0.400. The Hall–Kier alpha value is -1.88. The third-order valence-electron chi connectivity index (χ3n) is 3.26. The predicted molar refractivity (Wildman–Crippen MR) is 76.3 cm³/mol. The summed E-state index contributed by atoms with van der Waals surface area (Å²) in [6.45, 7) is 2.95. The topological polar surface area (TPSA) is 39.1 Å². The van der Waals surface area contributed by atoms with Crippen LogP contribution in [0.5, 0.6) is 5.75 Å². The molecule has 1 aromatic heterocycles. The Kier molecular flexibility index (Phi) is 4.74. The number of benzene rings is 1. The molecule has 0 radical (unpaired) electrons. The zero-order valence-electron chi connectivity index (χ0n) is 12.1. The van der Waals surface area contributed by atoms with Crippen LogP contribution < -0.4 is 10.1 Å². The van der Waals surface area contributed by atoms with Gasteiger partial charge in [-0.3, -0.25) is 0 Å². The van der Waals surface area contributed by atoms with E-state index in [1.165, 1.54) is 13.2 Å². The number of methoxy groups -OCH3 is 1. The van der Waals surface area contributed by atoms with Crippen molar-refractivity contribution in [1.29, 1.82) is 0 Å². The Bertz CT molecular complexity index is 568. The van der Waals surface area contributed by atoms with Gasteiger partial charge >= 0.3 is 0 Å². The Balaban J connectivity index is 2.36. The van der Waals surface area contributed by atoms with Gasteiger partial charge in [-0.15, -0.1) is 0 Å². The van der Waals surface area contributed by atoms with Crippen LogP contribution in [-0.4, -0.2) is 23.2 Å². The van der Waals surface area contributed by atoms with Crippen LogP contribution in [0.2, 0.25) is 0 Å². The molecular formula is C15H20FN3O. The van der Waals surface area contributed by atoms with Gasteiger partial charge in [-0.1, -0.05) is 13.0 Å². The molecule has 0 amide bonds. The quantitative estimate of drug-likeness (QED) is 0.882. The first-order chi connectivity index (χ1) is 9.67. The minimum atomic E-state index is -0.351. The second-order valence-electron chi connectivity index (χ2n) is 4.71. The number of nitrogens with zero attached hydrogens (tertiary/aromatic N) is 2. The number of rotatable bonds is 6. The number of imidazole rings is 1. The van der Waals surface area contributed by atoms with Crippen LogP contribution in [0.1, 0.15) is 30.6 Å². The highest BCUT2D eigenvalue weighted by atomic mass is 19.1. The summed E-state index contributed by atoms with van der Waals surface area (Å²) in [5.41, 5.74) is 1.86. The first kappa shape index (κ1) is 14.5. The highest BCUT2D eigenvalue weighted by Gasteiger charge is 2.18. The van der Waals surface area contributed by atoms with E-state index in [0.29, 0.717) is 0 Å². The highest BCUT2D eigenvalue weighted by molar-refractivity contribution is 5.34. The summed E-state index contributed by atoms with van der Waals surface area (Å²) < 4.78 is 20.8. The monoisotopic (exact) mass is 277 g/mol. The predicted octanol–water partition coefficient (Wildman–Crippen LogP) is 2.66. The van der Waals surface area contributed by atoms with Crippen molar-refractivity contribution in [3.05, 3.63) is 47.8 Å². The Morgan fingerprint density at radius 1 is 1.45 bits per heavy atom. The van der Waals surface area contributed by atoms with Gasteiger partial charge in [0, 0.05) is 7.05 Å². The summed E-state index contributed by atoms with van der Waals surface area (Å²) in [6, 6.07) is 4.96. The lowest BCUT2D eigenvalue weighted by molar-refractivity contribution is 0.385. The molecule has 0 bridgehead atoms. The van der Waals surface area contributed by atoms with Gasteiger partial charge in [0.25, 0.3) is 0 Å². The first-order valence-electron chi connectivity index (χ1n) is 6.70. The van der Waals surface area contributed by atoms with Crippen LogP contribution >= 0.6 is 0 Å².